The van der Waals surface area contributed by atoms with E-state index >= 15 is 0 Å². The lowest BCUT2D eigenvalue weighted by molar-refractivity contribution is -0.146. The van der Waals surface area contributed by atoms with Crippen LogP contribution in [0.2, 0.25) is 0 Å². The van der Waals surface area contributed by atoms with Crippen molar-refractivity contribution in [2.75, 3.05) is 26.2 Å². The molecule has 0 unspecified atom stereocenters. The molecule has 1 aliphatic carbocycles. The molecular formula is C14H25N3O2. The third kappa shape index (κ3) is 3.08. The topological polar surface area (TPSA) is 75.4 Å². The zero-order valence-electron chi connectivity index (χ0n) is 11.8. The van der Waals surface area contributed by atoms with E-state index < -0.39 is 5.41 Å². The molecular weight excluding hydrogens is 242 g/mol. The van der Waals surface area contributed by atoms with Crippen LogP contribution in [0.1, 0.15) is 39.0 Å². The van der Waals surface area contributed by atoms with Gasteiger partial charge in [0, 0.05) is 19.6 Å². The predicted molar refractivity (Wildman–Crippen MR) is 73.3 cm³/mol. The van der Waals surface area contributed by atoms with Crippen molar-refractivity contribution in [2.45, 2.75) is 39.0 Å². The summed E-state index contributed by atoms with van der Waals surface area (Å²) in [6.07, 6.45) is 4.67. The first-order valence-electron chi connectivity index (χ1n) is 7.33. The van der Waals surface area contributed by atoms with Crippen molar-refractivity contribution < 1.29 is 9.59 Å². The number of carbonyl (C=O) groups excluding carboxylic acids is 2. The Labute approximate surface area is 114 Å². The van der Waals surface area contributed by atoms with Crippen molar-refractivity contribution in [3.63, 3.8) is 0 Å². The molecule has 2 rings (SSSR count). The molecule has 1 heterocycles. The third-order valence-electron chi connectivity index (χ3n) is 4.62. The highest BCUT2D eigenvalue weighted by Gasteiger charge is 2.42. The van der Waals surface area contributed by atoms with Crippen LogP contribution >= 0.6 is 0 Å². The normalized spacial score (nSPS) is 32.6. The zero-order valence-corrected chi connectivity index (χ0v) is 11.8. The lowest BCUT2D eigenvalue weighted by Gasteiger charge is -2.40. The molecule has 108 valence electrons. The summed E-state index contributed by atoms with van der Waals surface area (Å²) < 4.78 is 0. The second kappa shape index (κ2) is 5.90. The number of carbonyl (C=O) groups is 2. The van der Waals surface area contributed by atoms with Crippen LogP contribution in [-0.2, 0) is 9.59 Å². The highest BCUT2D eigenvalue weighted by Crippen LogP contribution is 2.39. The Balaban J connectivity index is 2.09. The number of amides is 2. The van der Waals surface area contributed by atoms with E-state index in [9.17, 15) is 9.59 Å². The van der Waals surface area contributed by atoms with Gasteiger partial charge in [0.2, 0.25) is 11.8 Å². The molecule has 0 radical (unpaired) electrons. The fourth-order valence-electron chi connectivity index (χ4n) is 3.13. The van der Waals surface area contributed by atoms with E-state index in [1.54, 1.807) is 4.90 Å². The molecule has 0 bridgehead atoms. The van der Waals surface area contributed by atoms with E-state index in [1.165, 1.54) is 0 Å². The summed E-state index contributed by atoms with van der Waals surface area (Å²) in [6, 6.07) is 0. The largest absolute Gasteiger partial charge is 0.354 e. The van der Waals surface area contributed by atoms with Gasteiger partial charge in [-0.1, -0.05) is 6.92 Å². The molecule has 2 aliphatic rings. The maximum atomic E-state index is 12.8. The van der Waals surface area contributed by atoms with Crippen LogP contribution < -0.4 is 11.1 Å². The molecule has 5 nitrogen and oxygen atoms in total. The van der Waals surface area contributed by atoms with Gasteiger partial charge in [-0.15, -0.1) is 0 Å². The number of nitrogens with two attached hydrogens (primary N) is 1. The van der Waals surface area contributed by atoms with Crippen LogP contribution in [0.5, 0.6) is 0 Å². The van der Waals surface area contributed by atoms with Crippen LogP contribution in [-0.4, -0.2) is 42.9 Å². The molecule has 3 N–H and O–H groups in total. The first-order valence-corrected chi connectivity index (χ1v) is 7.33. The molecule has 0 atom stereocenters. The molecule has 1 aliphatic heterocycles. The zero-order chi connectivity index (χ0) is 13.9. The summed E-state index contributed by atoms with van der Waals surface area (Å²) in [5, 5.41) is 2.81. The molecule has 1 saturated heterocycles. The van der Waals surface area contributed by atoms with Gasteiger partial charge in [-0.25, -0.2) is 0 Å². The van der Waals surface area contributed by atoms with Gasteiger partial charge >= 0.3 is 0 Å². The lowest BCUT2D eigenvalue weighted by atomic mass is 9.70. The van der Waals surface area contributed by atoms with Gasteiger partial charge in [-0.2, -0.15) is 0 Å². The van der Waals surface area contributed by atoms with E-state index in [2.05, 4.69) is 12.2 Å². The fourth-order valence-corrected chi connectivity index (χ4v) is 3.13. The minimum absolute atomic E-state index is 0.0535. The molecule has 1 saturated carbocycles. The van der Waals surface area contributed by atoms with Gasteiger partial charge in [0.15, 0.2) is 0 Å². The highest BCUT2D eigenvalue weighted by molar-refractivity contribution is 5.88. The smallest absolute Gasteiger partial charge is 0.239 e. The van der Waals surface area contributed by atoms with Crippen molar-refractivity contribution in [1.29, 1.82) is 0 Å². The molecule has 2 fully saturated rings. The molecule has 0 aromatic carbocycles. The number of nitrogens with zero attached hydrogens (tertiary/aromatic N) is 1. The predicted octanol–water partition coefficient (Wildman–Crippen LogP) is 0.490. The van der Waals surface area contributed by atoms with Crippen molar-refractivity contribution >= 4 is 11.8 Å². The van der Waals surface area contributed by atoms with E-state index in [4.69, 9.17) is 5.73 Å². The second-order valence-corrected chi connectivity index (χ2v) is 6.10. The first-order chi connectivity index (χ1) is 9.07. The average Bonchev–Trinajstić information content (AvgIpc) is 2.64. The number of nitrogens with one attached hydrogen (secondary N) is 1. The highest BCUT2D eigenvalue weighted by atomic mass is 16.2. The number of rotatable bonds is 2. The monoisotopic (exact) mass is 267 g/mol. The van der Waals surface area contributed by atoms with Gasteiger partial charge in [0.25, 0.3) is 0 Å². The second-order valence-electron chi connectivity index (χ2n) is 6.10. The SMILES string of the molecule is CC1CCC(CN)(C(=O)N2CCCNC(=O)C2)CC1. The minimum Gasteiger partial charge on any atom is -0.354 e. The molecule has 0 spiro atoms. The van der Waals surface area contributed by atoms with Gasteiger partial charge in [0.05, 0.1) is 12.0 Å². The molecule has 5 heteroatoms. The summed E-state index contributed by atoms with van der Waals surface area (Å²) >= 11 is 0. The van der Waals surface area contributed by atoms with Crippen LogP contribution in [0.15, 0.2) is 0 Å². The third-order valence-corrected chi connectivity index (χ3v) is 4.62. The van der Waals surface area contributed by atoms with Crippen molar-refractivity contribution in [2.24, 2.45) is 17.1 Å². The summed E-state index contributed by atoms with van der Waals surface area (Å²) in [4.78, 5) is 26.1. The van der Waals surface area contributed by atoms with Crippen LogP contribution in [0.3, 0.4) is 0 Å². The maximum Gasteiger partial charge on any atom is 0.239 e. The Morgan fingerprint density at radius 2 is 2.16 bits per heavy atom. The summed E-state index contributed by atoms with van der Waals surface area (Å²) in [6.45, 7) is 4.14. The first kappa shape index (κ1) is 14.3. The summed E-state index contributed by atoms with van der Waals surface area (Å²) in [7, 11) is 0. The Morgan fingerprint density at radius 3 is 2.79 bits per heavy atom. The average molecular weight is 267 g/mol. The van der Waals surface area contributed by atoms with Crippen molar-refractivity contribution in [3.05, 3.63) is 0 Å². The lowest BCUT2D eigenvalue weighted by Crippen LogP contribution is -2.51. The quantitative estimate of drug-likeness (QED) is 0.764. The van der Waals surface area contributed by atoms with E-state index in [1.807, 2.05) is 0 Å². The minimum atomic E-state index is -0.420. The molecule has 2 amide bonds. The molecule has 0 aromatic heterocycles. The Hall–Kier alpha value is -1.10. The van der Waals surface area contributed by atoms with Gasteiger partial charge < -0.3 is 16.0 Å². The Bertz CT molecular complexity index is 349. The van der Waals surface area contributed by atoms with Crippen LogP contribution in [0, 0.1) is 11.3 Å². The standard InChI is InChI=1S/C14H25N3O2/c1-11-3-5-14(10-15,6-4-11)13(19)17-8-2-7-16-12(18)9-17/h11H,2-10,15H2,1H3,(H,16,18). The number of hydrogen-bond acceptors (Lipinski definition) is 3. The van der Waals surface area contributed by atoms with Gasteiger partial charge in [-0.3, -0.25) is 9.59 Å². The van der Waals surface area contributed by atoms with Gasteiger partial charge in [-0.05, 0) is 38.0 Å². The fraction of sp³-hybridized carbons (Fsp3) is 0.857. The Morgan fingerprint density at radius 1 is 1.47 bits per heavy atom. The van der Waals surface area contributed by atoms with Crippen LogP contribution in [0.4, 0.5) is 0 Å². The van der Waals surface area contributed by atoms with E-state index in [-0.39, 0.29) is 18.4 Å². The summed E-state index contributed by atoms with van der Waals surface area (Å²) in [5.41, 5.74) is 5.50. The van der Waals surface area contributed by atoms with E-state index in [0.717, 1.165) is 32.1 Å². The molecule has 0 aromatic rings. The molecule has 19 heavy (non-hydrogen) atoms. The van der Waals surface area contributed by atoms with Crippen LogP contribution in [0.25, 0.3) is 0 Å². The summed E-state index contributed by atoms with van der Waals surface area (Å²) in [5.74, 6) is 0.723. The van der Waals surface area contributed by atoms with Crippen molar-refractivity contribution in [1.82, 2.24) is 10.2 Å². The van der Waals surface area contributed by atoms with E-state index in [0.29, 0.717) is 25.6 Å². The van der Waals surface area contributed by atoms with Crippen molar-refractivity contribution in [3.8, 4) is 0 Å². The van der Waals surface area contributed by atoms with Gasteiger partial charge in [0.1, 0.15) is 0 Å². The maximum absolute atomic E-state index is 12.8. The number of hydrogen-bond donors (Lipinski definition) is 2. The Kier molecular flexibility index (Phi) is 4.45.